The standard InChI is InChI=1S/C20H26N2O6/c21-19(24)17-5-1-2-10-22(17)18(23)13-28-20(25)14-6-8-15(9-7-14)27-12-16-4-3-11-26-16/h6-9,16-17H,1-5,10-13H2,(H2,21,24)/t16-,17+/m0/s1. The van der Waals surface area contributed by atoms with E-state index >= 15 is 0 Å². The predicted molar refractivity (Wildman–Crippen MR) is 99.7 cm³/mol. The molecule has 2 fully saturated rings. The van der Waals surface area contributed by atoms with Gasteiger partial charge in [-0.2, -0.15) is 0 Å². The number of likely N-dealkylation sites (tertiary alicyclic amines) is 1. The van der Waals surface area contributed by atoms with Gasteiger partial charge < -0.3 is 24.8 Å². The Morgan fingerprint density at radius 3 is 2.57 bits per heavy atom. The highest BCUT2D eigenvalue weighted by Crippen LogP contribution is 2.18. The number of nitrogens with zero attached hydrogens (tertiary/aromatic N) is 1. The lowest BCUT2D eigenvalue weighted by molar-refractivity contribution is -0.143. The lowest BCUT2D eigenvalue weighted by Gasteiger charge is -2.33. The van der Waals surface area contributed by atoms with E-state index in [2.05, 4.69) is 0 Å². The third-order valence-electron chi connectivity index (χ3n) is 5.03. The molecule has 2 aliphatic heterocycles. The van der Waals surface area contributed by atoms with Crippen LogP contribution in [0.25, 0.3) is 0 Å². The number of benzene rings is 1. The number of piperidine rings is 1. The van der Waals surface area contributed by atoms with Crippen molar-refractivity contribution in [2.45, 2.75) is 44.2 Å². The molecular formula is C20H26N2O6. The molecule has 0 spiro atoms. The molecule has 0 saturated carbocycles. The highest BCUT2D eigenvalue weighted by molar-refractivity contribution is 5.92. The van der Waals surface area contributed by atoms with Gasteiger partial charge in [0, 0.05) is 13.2 Å². The second-order valence-electron chi connectivity index (χ2n) is 7.05. The van der Waals surface area contributed by atoms with Crippen molar-refractivity contribution in [3.63, 3.8) is 0 Å². The van der Waals surface area contributed by atoms with E-state index in [4.69, 9.17) is 19.9 Å². The van der Waals surface area contributed by atoms with Gasteiger partial charge in [0.05, 0.1) is 11.7 Å². The van der Waals surface area contributed by atoms with Gasteiger partial charge in [-0.3, -0.25) is 9.59 Å². The van der Waals surface area contributed by atoms with Crippen LogP contribution < -0.4 is 10.5 Å². The van der Waals surface area contributed by atoms with E-state index in [0.717, 1.165) is 32.3 Å². The third-order valence-corrected chi connectivity index (χ3v) is 5.03. The van der Waals surface area contributed by atoms with Gasteiger partial charge in [0.25, 0.3) is 5.91 Å². The minimum Gasteiger partial charge on any atom is -0.491 e. The molecule has 1 aromatic rings. The summed E-state index contributed by atoms with van der Waals surface area (Å²) in [5.41, 5.74) is 5.68. The molecule has 0 aromatic heterocycles. The maximum absolute atomic E-state index is 12.3. The van der Waals surface area contributed by atoms with Crippen LogP contribution in [0.5, 0.6) is 5.75 Å². The number of esters is 1. The van der Waals surface area contributed by atoms with E-state index in [1.165, 1.54) is 4.90 Å². The first-order valence-corrected chi connectivity index (χ1v) is 9.65. The normalized spacial score (nSPS) is 21.9. The average molecular weight is 390 g/mol. The number of ether oxygens (including phenoxy) is 3. The van der Waals surface area contributed by atoms with E-state index < -0.39 is 30.4 Å². The minimum atomic E-state index is -0.625. The second kappa shape index (κ2) is 9.54. The first kappa shape index (κ1) is 20.1. The van der Waals surface area contributed by atoms with Crippen molar-refractivity contribution in [1.29, 1.82) is 0 Å². The SMILES string of the molecule is NC(=O)[C@H]1CCCCN1C(=O)COC(=O)c1ccc(OC[C@@H]2CCCO2)cc1. The highest BCUT2D eigenvalue weighted by atomic mass is 16.5. The Morgan fingerprint density at radius 1 is 1.11 bits per heavy atom. The Kier molecular flexibility index (Phi) is 6.86. The molecule has 0 aliphatic carbocycles. The number of carbonyl (C=O) groups is 3. The van der Waals surface area contributed by atoms with Crippen LogP contribution in [0.2, 0.25) is 0 Å². The second-order valence-corrected chi connectivity index (χ2v) is 7.05. The topological polar surface area (TPSA) is 108 Å². The summed E-state index contributed by atoms with van der Waals surface area (Å²) >= 11 is 0. The molecule has 0 unspecified atom stereocenters. The molecule has 8 heteroatoms. The van der Waals surface area contributed by atoms with E-state index in [-0.39, 0.29) is 6.10 Å². The molecule has 2 aliphatic rings. The number of nitrogens with two attached hydrogens (primary N) is 1. The Hall–Kier alpha value is -2.61. The van der Waals surface area contributed by atoms with E-state index in [1.54, 1.807) is 24.3 Å². The van der Waals surface area contributed by atoms with Crippen molar-refractivity contribution < 1.29 is 28.6 Å². The highest BCUT2D eigenvalue weighted by Gasteiger charge is 2.31. The maximum atomic E-state index is 12.3. The number of carbonyl (C=O) groups excluding carboxylic acids is 3. The van der Waals surface area contributed by atoms with Crippen molar-refractivity contribution in [2.24, 2.45) is 5.73 Å². The number of amides is 2. The van der Waals surface area contributed by atoms with Crippen molar-refractivity contribution in [3.05, 3.63) is 29.8 Å². The van der Waals surface area contributed by atoms with Gasteiger partial charge in [-0.1, -0.05) is 0 Å². The molecule has 152 valence electrons. The van der Waals surface area contributed by atoms with Crippen LogP contribution in [0.15, 0.2) is 24.3 Å². The molecule has 3 rings (SSSR count). The Labute approximate surface area is 163 Å². The zero-order valence-corrected chi connectivity index (χ0v) is 15.8. The number of hydrogen-bond acceptors (Lipinski definition) is 6. The van der Waals surface area contributed by atoms with Crippen LogP contribution in [-0.2, 0) is 19.1 Å². The number of primary amides is 1. The first-order chi connectivity index (χ1) is 13.5. The van der Waals surface area contributed by atoms with Gasteiger partial charge in [0.2, 0.25) is 5.91 Å². The van der Waals surface area contributed by atoms with Crippen LogP contribution in [0.3, 0.4) is 0 Å². The lowest BCUT2D eigenvalue weighted by Crippen LogP contribution is -2.51. The summed E-state index contributed by atoms with van der Waals surface area (Å²) in [6, 6.07) is 5.91. The minimum absolute atomic E-state index is 0.120. The van der Waals surface area contributed by atoms with E-state index in [1.807, 2.05) is 0 Å². The Balaban J connectivity index is 1.47. The largest absolute Gasteiger partial charge is 0.491 e. The van der Waals surface area contributed by atoms with Crippen LogP contribution in [-0.4, -0.2) is 61.2 Å². The molecule has 2 saturated heterocycles. The number of rotatable bonds is 7. The maximum Gasteiger partial charge on any atom is 0.338 e. The summed E-state index contributed by atoms with van der Waals surface area (Å²) in [5.74, 6) is -0.904. The summed E-state index contributed by atoms with van der Waals surface area (Å²) in [6.07, 6.45) is 4.36. The van der Waals surface area contributed by atoms with E-state index in [0.29, 0.717) is 30.9 Å². The number of hydrogen-bond donors (Lipinski definition) is 1. The van der Waals surface area contributed by atoms with Gasteiger partial charge >= 0.3 is 5.97 Å². The monoisotopic (exact) mass is 390 g/mol. The van der Waals surface area contributed by atoms with Crippen LogP contribution >= 0.6 is 0 Å². The molecule has 2 amide bonds. The van der Waals surface area contributed by atoms with Crippen LogP contribution in [0.1, 0.15) is 42.5 Å². The summed E-state index contributed by atoms with van der Waals surface area (Å²) in [7, 11) is 0. The van der Waals surface area contributed by atoms with Crippen molar-refractivity contribution in [3.8, 4) is 5.75 Å². The fraction of sp³-hybridized carbons (Fsp3) is 0.550. The molecule has 0 bridgehead atoms. The molecule has 0 radical (unpaired) electrons. The van der Waals surface area contributed by atoms with Gasteiger partial charge in [-0.25, -0.2) is 4.79 Å². The third kappa shape index (κ3) is 5.22. The summed E-state index contributed by atoms with van der Waals surface area (Å²) in [4.78, 5) is 37.4. The predicted octanol–water partition coefficient (Wildman–Crippen LogP) is 1.27. The van der Waals surface area contributed by atoms with Gasteiger partial charge in [-0.05, 0) is 56.4 Å². The van der Waals surface area contributed by atoms with Crippen LogP contribution in [0, 0.1) is 0 Å². The van der Waals surface area contributed by atoms with Crippen molar-refractivity contribution in [2.75, 3.05) is 26.4 Å². The molecule has 2 atom stereocenters. The average Bonchev–Trinajstić information content (AvgIpc) is 3.24. The molecular weight excluding hydrogens is 364 g/mol. The van der Waals surface area contributed by atoms with Crippen molar-refractivity contribution in [1.82, 2.24) is 4.90 Å². The van der Waals surface area contributed by atoms with Gasteiger partial charge in [0.15, 0.2) is 6.61 Å². The molecule has 2 heterocycles. The summed E-state index contributed by atoms with van der Waals surface area (Å²) in [5, 5.41) is 0. The Morgan fingerprint density at radius 2 is 1.89 bits per heavy atom. The lowest BCUT2D eigenvalue weighted by atomic mass is 10.0. The van der Waals surface area contributed by atoms with Crippen LogP contribution in [0.4, 0.5) is 0 Å². The zero-order chi connectivity index (χ0) is 19.9. The molecule has 8 nitrogen and oxygen atoms in total. The summed E-state index contributed by atoms with van der Waals surface area (Å²) in [6.45, 7) is 1.28. The molecule has 1 aromatic carbocycles. The fourth-order valence-electron chi connectivity index (χ4n) is 3.47. The van der Waals surface area contributed by atoms with Crippen molar-refractivity contribution >= 4 is 17.8 Å². The smallest absolute Gasteiger partial charge is 0.338 e. The molecule has 2 N–H and O–H groups in total. The fourth-order valence-corrected chi connectivity index (χ4v) is 3.47. The quantitative estimate of drug-likeness (QED) is 0.703. The van der Waals surface area contributed by atoms with Gasteiger partial charge in [0.1, 0.15) is 18.4 Å². The summed E-state index contributed by atoms with van der Waals surface area (Å²) < 4.78 is 16.3. The van der Waals surface area contributed by atoms with E-state index in [9.17, 15) is 14.4 Å². The molecule has 28 heavy (non-hydrogen) atoms. The van der Waals surface area contributed by atoms with Gasteiger partial charge in [-0.15, -0.1) is 0 Å². The zero-order valence-electron chi connectivity index (χ0n) is 15.8. The Bertz CT molecular complexity index is 699. The first-order valence-electron chi connectivity index (χ1n) is 9.65.